The molecule has 5 rings (SSSR count). The van der Waals surface area contributed by atoms with E-state index in [-0.39, 0.29) is 5.02 Å². The molecule has 5 nitrogen and oxygen atoms in total. The van der Waals surface area contributed by atoms with Crippen molar-refractivity contribution < 1.29 is 4.39 Å². The lowest BCUT2D eigenvalue weighted by atomic mass is 9.97. The maximum Gasteiger partial charge on any atom is 0.229 e. The van der Waals surface area contributed by atoms with Crippen LogP contribution in [0.5, 0.6) is 0 Å². The summed E-state index contributed by atoms with van der Waals surface area (Å²) in [6, 6.07) is 11.1. The first kappa shape index (κ1) is 20.2. The van der Waals surface area contributed by atoms with Crippen LogP contribution in [0.3, 0.4) is 0 Å². The topological polar surface area (TPSA) is 61.9 Å². The number of hydrogen-bond donors (Lipinski definition) is 3. The standard InChI is InChI=1S/C24H25ClFN5/c1-14(15-5-6-15)28-23-19-4-2-3-18(16-9-11-27-12-10-16)22(19)30-24(31-23)29-17-7-8-21(26)20(25)13-17/h2-4,7-9,13-15,27H,5-6,10-12H2,1H3,(H2,28,29,30,31)/t14-/m1/s1. The van der Waals surface area contributed by atoms with Crippen molar-refractivity contribution in [2.45, 2.75) is 32.2 Å². The number of para-hydroxylation sites is 1. The Morgan fingerprint density at radius 3 is 2.81 bits per heavy atom. The Hall–Kier alpha value is -2.70. The molecule has 1 aliphatic carbocycles. The van der Waals surface area contributed by atoms with E-state index in [1.165, 1.54) is 24.5 Å². The first-order chi connectivity index (χ1) is 15.1. The van der Waals surface area contributed by atoms with Gasteiger partial charge in [-0.3, -0.25) is 0 Å². The van der Waals surface area contributed by atoms with E-state index in [0.717, 1.165) is 41.8 Å². The van der Waals surface area contributed by atoms with Gasteiger partial charge in [0.1, 0.15) is 11.6 Å². The Kier molecular flexibility index (Phi) is 5.50. The zero-order valence-electron chi connectivity index (χ0n) is 17.4. The number of nitrogens with one attached hydrogen (secondary N) is 3. The van der Waals surface area contributed by atoms with Crippen molar-refractivity contribution in [1.82, 2.24) is 15.3 Å². The molecule has 0 bridgehead atoms. The van der Waals surface area contributed by atoms with Gasteiger partial charge in [-0.1, -0.05) is 29.8 Å². The van der Waals surface area contributed by atoms with Gasteiger partial charge in [0.25, 0.3) is 0 Å². The summed E-state index contributed by atoms with van der Waals surface area (Å²) in [6.07, 6.45) is 5.69. The van der Waals surface area contributed by atoms with Crippen molar-refractivity contribution in [3.05, 3.63) is 58.9 Å². The molecule has 1 aliphatic heterocycles. The summed E-state index contributed by atoms with van der Waals surface area (Å²) in [7, 11) is 0. The summed E-state index contributed by atoms with van der Waals surface area (Å²) in [5.74, 6) is 1.51. The number of halogens is 2. The molecule has 31 heavy (non-hydrogen) atoms. The summed E-state index contributed by atoms with van der Waals surface area (Å²) in [5.41, 5.74) is 3.97. The highest BCUT2D eigenvalue weighted by molar-refractivity contribution is 6.31. The van der Waals surface area contributed by atoms with Crippen LogP contribution in [0.25, 0.3) is 16.5 Å². The van der Waals surface area contributed by atoms with Crippen molar-refractivity contribution in [2.24, 2.45) is 5.92 Å². The van der Waals surface area contributed by atoms with E-state index in [0.29, 0.717) is 23.6 Å². The minimum atomic E-state index is -0.451. The van der Waals surface area contributed by atoms with Crippen LogP contribution < -0.4 is 16.0 Å². The summed E-state index contributed by atoms with van der Waals surface area (Å²) in [4.78, 5) is 9.65. The van der Waals surface area contributed by atoms with Gasteiger partial charge in [0.05, 0.1) is 10.5 Å². The maximum atomic E-state index is 13.6. The summed E-state index contributed by atoms with van der Waals surface area (Å²) >= 11 is 5.96. The van der Waals surface area contributed by atoms with E-state index in [1.54, 1.807) is 12.1 Å². The van der Waals surface area contributed by atoms with Crippen LogP contribution >= 0.6 is 11.6 Å². The molecule has 160 valence electrons. The van der Waals surface area contributed by atoms with E-state index < -0.39 is 5.82 Å². The van der Waals surface area contributed by atoms with E-state index in [4.69, 9.17) is 21.6 Å². The van der Waals surface area contributed by atoms with Gasteiger partial charge in [-0.2, -0.15) is 4.98 Å². The Bertz CT molecular complexity index is 1160. The molecule has 0 saturated heterocycles. The number of fused-ring (bicyclic) bond motifs is 1. The first-order valence-corrected chi connectivity index (χ1v) is 11.2. The van der Waals surface area contributed by atoms with Crippen molar-refractivity contribution in [3.63, 3.8) is 0 Å². The normalized spacial score (nSPS) is 17.3. The second-order valence-electron chi connectivity index (χ2n) is 8.31. The minimum Gasteiger partial charge on any atom is -0.367 e. The summed E-state index contributed by atoms with van der Waals surface area (Å²) in [6.45, 7) is 4.02. The highest BCUT2D eigenvalue weighted by atomic mass is 35.5. The molecule has 2 aromatic carbocycles. The molecule has 0 unspecified atom stereocenters. The van der Waals surface area contributed by atoms with Crippen LogP contribution in [0.1, 0.15) is 31.7 Å². The number of rotatable bonds is 6. The molecular weight excluding hydrogens is 413 g/mol. The molecule has 0 radical (unpaired) electrons. The summed E-state index contributed by atoms with van der Waals surface area (Å²) < 4.78 is 13.6. The molecule has 2 heterocycles. The van der Waals surface area contributed by atoms with Gasteiger partial charge in [-0.25, -0.2) is 9.37 Å². The average molecular weight is 438 g/mol. The highest BCUT2D eigenvalue weighted by Gasteiger charge is 2.28. The maximum absolute atomic E-state index is 13.6. The van der Waals surface area contributed by atoms with Gasteiger partial charge < -0.3 is 16.0 Å². The van der Waals surface area contributed by atoms with Crippen LogP contribution in [-0.2, 0) is 0 Å². The van der Waals surface area contributed by atoms with Crippen LogP contribution in [0, 0.1) is 11.7 Å². The smallest absolute Gasteiger partial charge is 0.229 e. The lowest BCUT2D eigenvalue weighted by Crippen LogP contribution is -2.20. The third kappa shape index (κ3) is 4.36. The van der Waals surface area contributed by atoms with Gasteiger partial charge in [0, 0.05) is 29.2 Å². The van der Waals surface area contributed by atoms with Gasteiger partial charge in [-0.05, 0) is 68.5 Å². The molecule has 1 fully saturated rings. The Morgan fingerprint density at radius 1 is 1.19 bits per heavy atom. The van der Waals surface area contributed by atoms with Crippen LogP contribution in [0.15, 0.2) is 42.5 Å². The highest BCUT2D eigenvalue weighted by Crippen LogP contribution is 2.36. The molecule has 1 saturated carbocycles. The largest absolute Gasteiger partial charge is 0.367 e. The molecule has 2 aliphatic rings. The minimum absolute atomic E-state index is 0.0621. The predicted octanol–water partition coefficient (Wildman–Crippen LogP) is 5.75. The Morgan fingerprint density at radius 2 is 2.06 bits per heavy atom. The molecule has 0 amide bonds. The number of nitrogens with zero attached hydrogens (tertiary/aromatic N) is 2. The predicted molar refractivity (Wildman–Crippen MR) is 126 cm³/mol. The second kappa shape index (κ2) is 8.44. The van der Waals surface area contributed by atoms with Crippen LogP contribution in [0.4, 0.5) is 21.8 Å². The Balaban J connectivity index is 1.60. The van der Waals surface area contributed by atoms with Crippen LogP contribution in [-0.4, -0.2) is 29.1 Å². The summed E-state index contributed by atoms with van der Waals surface area (Å²) in [5, 5.41) is 11.3. The zero-order chi connectivity index (χ0) is 21.4. The van der Waals surface area contributed by atoms with Gasteiger partial charge in [0.15, 0.2) is 0 Å². The SMILES string of the molecule is C[C@@H](Nc1nc(Nc2ccc(F)c(Cl)c2)nc2c(C3=CCNCC3)cccc12)C1CC1. The third-order valence-corrected chi connectivity index (χ3v) is 6.30. The number of hydrogen-bond acceptors (Lipinski definition) is 5. The van der Waals surface area contributed by atoms with Crippen molar-refractivity contribution >= 4 is 45.5 Å². The molecule has 0 spiro atoms. The lowest BCUT2D eigenvalue weighted by molar-refractivity contribution is 0.628. The molecule has 1 aromatic heterocycles. The third-order valence-electron chi connectivity index (χ3n) is 6.01. The van der Waals surface area contributed by atoms with Crippen molar-refractivity contribution in [2.75, 3.05) is 23.7 Å². The number of anilines is 3. The van der Waals surface area contributed by atoms with E-state index in [2.05, 4.69) is 47.1 Å². The van der Waals surface area contributed by atoms with E-state index in [1.807, 2.05) is 0 Å². The lowest BCUT2D eigenvalue weighted by Gasteiger charge is -2.19. The molecule has 1 atom stereocenters. The first-order valence-electron chi connectivity index (χ1n) is 10.8. The van der Waals surface area contributed by atoms with E-state index >= 15 is 0 Å². The molecular formula is C24H25ClFN5. The molecule has 3 N–H and O–H groups in total. The van der Waals surface area contributed by atoms with E-state index in [9.17, 15) is 4.39 Å². The molecule has 3 aromatic rings. The number of benzene rings is 2. The fraction of sp³-hybridized carbons (Fsp3) is 0.333. The zero-order valence-corrected chi connectivity index (χ0v) is 18.1. The fourth-order valence-corrected chi connectivity index (χ4v) is 4.26. The van der Waals surface area contributed by atoms with Gasteiger partial charge >= 0.3 is 0 Å². The average Bonchev–Trinajstić information content (AvgIpc) is 3.62. The monoisotopic (exact) mass is 437 g/mol. The van der Waals surface area contributed by atoms with Crippen LogP contribution in [0.2, 0.25) is 5.02 Å². The van der Waals surface area contributed by atoms with Crippen molar-refractivity contribution in [3.8, 4) is 0 Å². The molecule has 7 heteroatoms. The van der Waals surface area contributed by atoms with Gasteiger partial charge in [0.2, 0.25) is 5.95 Å². The number of aromatic nitrogens is 2. The van der Waals surface area contributed by atoms with Crippen molar-refractivity contribution in [1.29, 1.82) is 0 Å². The second-order valence-corrected chi connectivity index (χ2v) is 8.71. The quantitative estimate of drug-likeness (QED) is 0.458. The fourth-order valence-electron chi connectivity index (χ4n) is 4.08. The van der Waals surface area contributed by atoms with Gasteiger partial charge in [-0.15, -0.1) is 0 Å². The Labute approximate surface area is 186 Å².